The summed E-state index contributed by atoms with van der Waals surface area (Å²) in [5.74, 6) is 0. The van der Waals surface area contributed by atoms with Crippen LogP contribution in [-0.2, 0) is 15.4 Å². The minimum Gasteiger partial charge on any atom is -0.280 e. The SMILES string of the molecule is O=S(=O)(Nc1ccc(CBr)cc1)c1ccccc1. The van der Waals surface area contributed by atoms with Gasteiger partial charge in [0, 0.05) is 11.0 Å². The van der Waals surface area contributed by atoms with Crippen LogP contribution in [0.25, 0.3) is 0 Å². The molecule has 0 bridgehead atoms. The van der Waals surface area contributed by atoms with Crippen molar-refractivity contribution in [2.75, 3.05) is 4.72 Å². The summed E-state index contributed by atoms with van der Waals surface area (Å²) in [5.41, 5.74) is 1.65. The van der Waals surface area contributed by atoms with Gasteiger partial charge in [0.25, 0.3) is 10.0 Å². The second-order valence-electron chi connectivity index (χ2n) is 3.75. The molecular weight excluding hydrogens is 314 g/mol. The van der Waals surface area contributed by atoms with Crippen LogP contribution in [0.1, 0.15) is 5.56 Å². The Morgan fingerprint density at radius 1 is 0.944 bits per heavy atom. The minimum atomic E-state index is -3.49. The van der Waals surface area contributed by atoms with Gasteiger partial charge in [-0.2, -0.15) is 0 Å². The number of hydrogen-bond donors (Lipinski definition) is 1. The molecule has 0 fully saturated rings. The van der Waals surface area contributed by atoms with Crippen LogP contribution in [0, 0.1) is 0 Å². The molecule has 0 heterocycles. The van der Waals surface area contributed by atoms with Gasteiger partial charge in [-0.3, -0.25) is 4.72 Å². The second kappa shape index (κ2) is 5.54. The smallest absolute Gasteiger partial charge is 0.261 e. The second-order valence-corrected chi connectivity index (χ2v) is 5.99. The zero-order chi connectivity index (χ0) is 13.0. The van der Waals surface area contributed by atoms with Crippen molar-refractivity contribution in [3.05, 3.63) is 60.2 Å². The average Bonchev–Trinajstić information content (AvgIpc) is 2.40. The van der Waals surface area contributed by atoms with Crippen molar-refractivity contribution in [2.24, 2.45) is 0 Å². The van der Waals surface area contributed by atoms with Crippen molar-refractivity contribution in [3.63, 3.8) is 0 Å². The summed E-state index contributed by atoms with van der Waals surface area (Å²) in [6.45, 7) is 0. The first-order valence-corrected chi connectivity index (χ1v) is 7.95. The van der Waals surface area contributed by atoms with Crippen LogP contribution < -0.4 is 4.72 Å². The third-order valence-electron chi connectivity index (χ3n) is 2.41. The molecule has 0 saturated carbocycles. The molecule has 0 radical (unpaired) electrons. The molecule has 2 rings (SSSR count). The lowest BCUT2D eigenvalue weighted by molar-refractivity contribution is 0.601. The van der Waals surface area contributed by atoms with Gasteiger partial charge in [-0.1, -0.05) is 46.3 Å². The highest BCUT2D eigenvalue weighted by Crippen LogP contribution is 2.17. The van der Waals surface area contributed by atoms with E-state index in [1.54, 1.807) is 42.5 Å². The summed E-state index contributed by atoms with van der Waals surface area (Å²) in [7, 11) is -3.49. The van der Waals surface area contributed by atoms with Crippen molar-refractivity contribution in [1.29, 1.82) is 0 Å². The highest BCUT2D eigenvalue weighted by molar-refractivity contribution is 9.08. The molecule has 18 heavy (non-hydrogen) atoms. The summed E-state index contributed by atoms with van der Waals surface area (Å²) >= 11 is 3.34. The number of anilines is 1. The van der Waals surface area contributed by atoms with E-state index >= 15 is 0 Å². The summed E-state index contributed by atoms with van der Waals surface area (Å²) in [4.78, 5) is 0.259. The molecule has 0 aliphatic carbocycles. The lowest BCUT2D eigenvalue weighted by Crippen LogP contribution is -2.12. The summed E-state index contributed by atoms with van der Waals surface area (Å²) < 4.78 is 26.6. The molecular formula is C13H12BrNO2S. The molecule has 0 spiro atoms. The van der Waals surface area contributed by atoms with Gasteiger partial charge in [-0.15, -0.1) is 0 Å². The van der Waals surface area contributed by atoms with Gasteiger partial charge in [0.05, 0.1) is 4.90 Å². The van der Waals surface area contributed by atoms with Gasteiger partial charge in [-0.05, 0) is 29.8 Å². The molecule has 0 unspecified atom stereocenters. The van der Waals surface area contributed by atoms with Gasteiger partial charge in [0.2, 0.25) is 0 Å². The van der Waals surface area contributed by atoms with Crippen molar-refractivity contribution >= 4 is 31.6 Å². The molecule has 0 aromatic heterocycles. The largest absolute Gasteiger partial charge is 0.280 e. The number of benzene rings is 2. The Balaban J connectivity index is 2.22. The molecule has 94 valence electrons. The summed E-state index contributed by atoms with van der Waals surface area (Å²) in [5, 5.41) is 0.749. The highest BCUT2D eigenvalue weighted by atomic mass is 79.9. The molecule has 0 aliphatic heterocycles. The third kappa shape index (κ3) is 3.11. The number of hydrogen-bond acceptors (Lipinski definition) is 2. The van der Waals surface area contributed by atoms with Gasteiger partial charge < -0.3 is 0 Å². The van der Waals surface area contributed by atoms with Crippen molar-refractivity contribution in [1.82, 2.24) is 0 Å². The number of sulfonamides is 1. The third-order valence-corrected chi connectivity index (χ3v) is 4.46. The fourth-order valence-electron chi connectivity index (χ4n) is 1.48. The average molecular weight is 326 g/mol. The normalized spacial score (nSPS) is 11.2. The predicted molar refractivity (Wildman–Crippen MR) is 76.3 cm³/mol. The van der Waals surface area contributed by atoms with Crippen molar-refractivity contribution in [3.8, 4) is 0 Å². The topological polar surface area (TPSA) is 46.2 Å². The Morgan fingerprint density at radius 3 is 2.11 bits per heavy atom. The Kier molecular flexibility index (Phi) is 4.04. The standard InChI is InChI=1S/C13H12BrNO2S/c14-10-11-6-8-12(9-7-11)15-18(16,17)13-4-2-1-3-5-13/h1-9,15H,10H2. The molecule has 0 saturated heterocycles. The molecule has 3 nitrogen and oxygen atoms in total. The van der Waals surface area contributed by atoms with E-state index in [-0.39, 0.29) is 4.90 Å². The quantitative estimate of drug-likeness (QED) is 0.876. The van der Waals surface area contributed by atoms with Gasteiger partial charge in [0.15, 0.2) is 0 Å². The molecule has 2 aromatic carbocycles. The molecule has 5 heteroatoms. The van der Waals surface area contributed by atoms with E-state index in [1.165, 1.54) is 0 Å². The Morgan fingerprint density at radius 2 is 1.56 bits per heavy atom. The van der Waals surface area contributed by atoms with Crippen LogP contribution >= 0.6 is 15.9 Å². The van der Waals surface area contributed by atoms with Crippen molar-refractivity contribution in [2.45, 2.75) is 10.2 Å². The van der Waals surface area contributed by atoms with Crippen LogP contribution in [0.3, 0.4) is 0 Å². The van der Waals surface area contributed by atoms with Crippen LogP contribution in [0.5, 0.6) is 0 Å². The van der Waals surface area contributed by atoms with Gasteiger partial charge >= 0.3 is 0 Å². The van der Waals surface area contributed by atoms with E-state index in [0.29, 0.717) is 5.69 Å². The van der Waals surface area contributed by atoms with E-state index in [2.05, 4.69) is 20.7 Å². The molecule has 0 aliphatic rings. The first kappa shape index (κ1) is 13.1. The fraction of sp³-hybridized carbons (Fsp3) is 0.0769. The Hall–Kier alpha value is -1.33. The monoisotopic (exact) mass is 325 g/mol. The maximum Gasteiger partial charge on any atom is 0.261 e. The lowest BCUT2D eigenvalue weighted by Gasteiger charge is -2.08. The van der Waals surface area contributed by atoms with Crippen LogP contribution in [0.2, 0.25) is 0 Å². The first-order valence-electron chi connectivity index (χ1n) is 5.34. The molecule has 2 aromatic rings. The van der Waals surface area contributed by atoms with Gasteiger partial charge in [-0.25, -0.2) is 8.42 Å². The predicted octanol–water partition coefficient (Wildman–Crippen LogP) is 3.38. The van der Waals surface area contributed by atoms with Crippen molar-refractivity contribution < 1.29 is 8.42 Å². The Bertz CT molecular complexity index is 609. The highest BCUT2D eigenvalue weighted by Gasteiger charge is 2.12. The zero-order valence-electron chi connectivity index (χ0n) is 9.51. The van der Waals surface area contributed by atoms with E-state index in [1.807, 2.05) is 12.1 Å². The molecule has 1 N–H and O–H groups in total. The lowest BCUT2D eigenvalue weighted by atomic mass is 10.2. The maximum atomic E-state index is 12.0. The fourth-order valence-corrected chi connectivity index (χ4v) is 2.93. The van der Waals surface area contributed by atoms with E-state index in [0.717, 1.165) is 10.9 Å². The summed E-state index contributed by atoms with van der Waals surface area (Å²) in [6.07, 6.45) is 0. The first-order chi connectivity index (χ1) is 8.62. The number of halogens is 1. The van der Waals surface area contributed by atoms with E-state index in [4.69, 9.17) is 0 Å². The zero-order valence-corrected chi connectivity index (χ0v) is 11.9. The Labute approximate surface area is 115 Å². The number of alkyl halides is 1. The maximum absolute atomic E-state index is 12.0. The van der Waals surface area contributed by atoms with Crippen LogP contribution in [0.15, 0.2) is 59.5 Å². The van der Waals surface area contributed by atoms with Gasteiger partial charge in [0.1, 0.15) is 0 Å². The summed E-state index contributed by atoms with van der Waals surface area (Å²) in [6, 6.07) is 15.5. The number of rotatable bonds is 4. The van der Waals surface area contributed by atoms with E-state index in [9.17, 15) is 8.42 Å². The molecule has 0 amide bonds. The van der Waals surface area contributed by atoms with E-state index < -0.39 is 10.0 Å². The number of nitrogens with one attached hydrogen (secondary N) is 1. The van der Waals surface area contributed by atoms with Crippen LogP contribution in [0.4, 0.5) is 5.69 Å². The minimum absolute atomic E-state index is 0.259. The van der Waals surface area contributed by atoms with Crippen LogP contribution in [-0.4, -0.2) is 8.42 Å². The molecule has 0 atom stereocenters.